The molecule has 0 N–H and O–H groups in total. The normalized spacial score (nSPS) is 11.7. The summed E-state index contributed by atoms with van der Waals surface area (Å²) in [6.07, 6.45) is 3.20. The van der Waals surface area contributed by atoms with Crippen molar-refractivity contribution < 1.29 is 22.8 Å². The summed E-state index contributed by atoms with van der Waals surface area (Å²) in [6, 6.07) is 42.1. The summed E-state index contributed by atoms with van der Waals surface area (Å²) in [5, 5.41) is 2.63. The van der Waals surface area contributed by atoms with Gasteiger partial charge in [-0.2, -0.15) is 0 Å². The molecule has 238 valence electrons. The fraction of sp³-hybridized carbons (Fsp3) is 0.300. The van der Waals surface area contributed by atoms with Crippen LogP contribution >= 0.6 is 0 Å². The number of aryl methyl sites for hydroxylation is 2. The van der Waals surface area contributed by atoms with Crippen LogP contribution in [0, 0.1) is 19.3 Å². The van der Waals surface area contributed by atoms with E-state index in [2.05, 4.69) is 164 Å². The van der Waals surface area contributed by atoms with E-state index in [4.69, 9.17) is 0 Å². The summed E-state index contributed by atoms with van der Waals surface area (Å²) in [7, 11) is 0. The molecule has 0 nitrogen and oxygen atoms in total. The third-order valence-electron chi connectivity index (χ3n) is 7.58. The Morgan fingerprint density at radius 3 is 1.40 bits per heavy atom. The first-order valence-electron chi connectivity index (χ1n) is 14.7. The maximum atomic E-state index is 2.36. The molecule has 0 saturated carbocycles. The van der Waals surface area contributed by atoms with Gasteiger partial charge in [0.1, 0.15) is 0 Å². The van der Waals surface area contributed by atoms with Crippen LogP contribution in [0.4, 0.5) is 0 Å². The number of hydrogen-bond donors (Lipinski definition) is 0. The predicted octanol–water partition coefficient (Wildman–Crippen LogP) is 15.0. The van der Waals surface area contributed by atoms with Crippen molar-refractivity contribution in [3.63, 3.8) is 0 Å². The largest absolute Gasteiger partial charge is 0.0616 e. The first-order valence-corrected chi connectivity index (χ1v) is 14.7. The lowest BCUT2D eigenvalue weighted by Gasteiger charge is -2.33. The van der Waals surface area contributed by atoms with Gasteiger partial charge in [0.25, 0.3) is 0 Å². The van der Waals surface area contributed by atoms with Gasteiger partial charge in [-0.05, 0) is 82.5 Å². The van der Waals surface area contributed by atoms with Crippen molar-refractivity contribution in [2.75, 3.05) is 0 Å². The quantitative estimate of drug-likeness (QED) is 0.194. The standard InChI is InChI=1S/C25H30.C15H16.16H2/c1-24(2,3)18-25(4,5)23-14-11-19(12-15-23)16-20-10-13-21-8-6-7-9-22(21)17-20;1-12-3-7-14(8-4-12)11-15-9-5-13(2)6-10-15;;;;;;;;;;;;;;;;/h6-15,17H,16,18H2,1-5H3;3-10H,11H2,1-2H3;16*1H. The van der Waals surface area contributed by atoms with Crippen molar-refractivity contribution in [1.29, 1.82) is 0 Å². The zero-order chi connectivity index (χ0) is 28.8. The van der Waals surface area contributed by atoms with Crippen molar-refractivity contribution >= 4 is 10.8 Å². The SMILES string of the molecule is CC(C)(C)CC(C)(C)c1ccc(Cc2ccc3ccccc3c2)cc1.Cc1ccc(Cc2ccc(C)cc2)cc1.[HH].[HH].[HH].[HH].[HH].[HH].[HH].[HH].[HH].[HH].[HH].[HH].[HH].[HH].[HH].[HH]. The van der Waals surface area contributed by atoms with E-state index in [1.54, 1.807) is 0 Å². The molecular formula is C40H78. The lowest BCUT2D eigenvalue weighted by Crippen LogP contribution is -2.24. The van der Waals surface area contributed by atoms with Crippen molar-refractivity contribution in [2.24, 2.45) is 5.41 Å². The van der Waals surface area contributed by atoms with Gasteiger partial charge >= 0.3 is 0 Å². The van der Waals surface area contributed by atoms with Gasteiger partial charge in [0.05, 0.1) is 0 Å². The molecule has 0 fully saturated rings. The van der Waals surface area contributed by atoms with Crippen molar-refractivity contribution in [3.05, 3.63) is 154 Å². The molecule has 0 unspecified atom stereocenters. The van der Waals surface area contributed by atoms with Gasteiger partial charge in [-0.1, -0.05) is 161 Å². The molecule has 5 aromatic carbocycles. The molecule has 0 spiro atoms. The van der Waals surface area contributed by atoms with Crippen LogP contribution in [0.2, 0.25) is 0 Å². The van der Waals surface area contributed by atoms with Crippen molar-refractivity contribution in [1.82, 2.24) is 0 Å². The zero-order valence-electron chi connectivity index (χ0n) is 25.6. The summed E-state index contributed by atoms with van der Waals surface area (Å²) < 4.78 is 0. The van der Waals surface area contributed by atoms with Gasteiger partial charge in [0.2, 0.25) is 0 Å². The molecule has 0 radical (unpaired) electrons. The van der Waals surface area contributed by atoms with Crippen LogP contribution in [-0.2, 0) is 18.3 Å². The molecule has 0 saturated heterocycles. The number of benzene rings is 5. The Kier molecular flexibility index (Phi) is 9.31. The minimum atomic E-state index is 0. The molecule has 0 bridgehead atoms. The first kappa shape index (κ1) is 29.3. The molecule has 0 heteroatoms. The predicted molar refractivity (Wildman–Crippen MR) is 209 cm³/mol. The Hall–Kier alpha value is -3.64. The van der Waals surface area contributed by atoms with Crippen LogP contribution in [0.1, 0.15) is 103 Å². The molecule has 0 amide bonds. The van der Waals surface area contributed by atoms with Gasteiger partial charge in [-0.15, -0.1) is 0 Å². The summed E-state index contributed by atoms with van der Waals surface area (Å²) in [5.41, 5.74) is 10.1. The Morgan fingerprint density at radius 2 is 0.900 bits per heavy atom. The van der Waals surface area contributed by atoms with E-state index in [0.29, 0.717) is 5.41 Å². The summed E-state index contributed by atoms with van der Waals surface area (Å²) in [4.78, 5) is 0. The van der Waals surface area contributed by atoms with E-state index in [-0.39, 0.29) is 28.2 Å². The maximum absolute atomic E-state index is 2.36. The third-order valence-corrected chi connectivity index (χ3v) is 7.58. The Bertz CT molecular complexity index is 1500. The van der Waals surface area contributed by atoms with Gasteiger partial charge in [0.15, 0.2) is 0 Å². The van der Waals surface area contributed by atoms with Crippen molar-refractivity contribution in [3.8, 4) is 0 Å². The zero-order valence-corrected chi connectivity index (χ0v) is 25.6. The molecule has 0 aromatic heterocycles. The van der Waals surface area contributed by atoms with Crippen LogP contribution in [0.3, 0.4) is 0 Å². The van der Waals surface area contributed by atoms with Crippen LogP contribution in [0.5, 0.6) is 0 Å². The molecular weight excluding hydrogens is 480 g/mol. The lowest BCUT2D eigenvalue weighted by atomic mass is 9.72. The van der Waals surface area contributed by atoms with E-state index in [1.165, 1.54) is 56.1 Å². The van der Waals surface area contributed by atoms with E-state index < -0.39 is 0 Å². The fourth-order valence-corrected chi connectivity index (χ4v) is 5.73. The molecule has 0 aliphatic heterocycles. The van der Waals surface area contributed by atoms with E-state index in [1.807, 2.05) is 0 Å². The molecule has 5 rings (SSSR count). The van der Waals surface area contributed by atoms with E-state index in [0.717, 1.165) is 12.8 Å². The topological polar surface area (TPSA) is 0 Å². The highest BCUT2D eigenvalue weighted by atomic mass is 14.3. The van der Waals surface area contributed by atoms with Gasteiger partial charge in [-0.25, -0.2) is 0 Å². The first-order chi connectivity index (χ1) is 19.0. The number of rotatable bonds is 6. The maximum Gasteiger partial charge on any atom is 0 e. The van der Waals surface area contributed by atoms with E-state index >= 15 is 0 Å². The summed E-state index contributed by atoms with van der Waals surface area (Å²) in [5.74, 6) is 0. The van der Waals surface area contributed by atoms with Crippen molar-refractivity contribution in [2.45, 2.75) is 73.1 Å². The molecule has 0 aliphatic carbocycles. The molecule has 5 aromatic rings. The Labute approximate surface area is 266 Å². The minimum absolute atomic E-state index is 0. The van der Waals surface area contributed by atoms with E-state index in [9.17, 15) is 0 Å². The monoisotopic (exact) mass is 559 g/mol. The second-order valence-corrected chi connectivity index (χ2v) is 13.3. The van der Waals surface area contributed by atoms with Crippen LogP contribution < -0.4 is 0 Å². The smallest absolute Gasteiger partial charge is 0 e. The van der Waals surface area contributed by atoms with Gasteiger partial charge < -0.3 is 0 Å². The summed E-state index contributed by atoms with van der Waals surface area (Å²) >= 11 is 0. The molecule has 0 aliphatic rings. The highest BCUT2D eigenvalue weighted by Gasteiger charge is 2.27. The Balaban J connectivity index is -0.0000000493. The average molecular weight is 559 g/mol. The number of fused-ring (bicyclic) bond motifs is 1. The third kappa shape index (κ3) is 8.68. The second kappa shape index (κ2) is 12.7. The Morgan fingerprint density at radius 1 is 0.475 bits per heavy atom. The molecule has 0 atom stereocenters. The highest BCUT2D eigenvalue weighted by molar-refractivity contribution is 5.83. The number of hydrogen-bond acceptors (Lipinski definition) is 0. The fourth-order valence-electron chi connectivity index (χ4n) is 5.73. The average Bonchev–Trinajstić information content (AvgIpc) is 2.91. The minimum Gasteiger partial charge on any atom is -0.0616 e. The van der Waals surface area contributed by atoms with Crippen LogP contribution in [-0.4, -0.2) is 0 Å². The second-order valence-electron chi connectivity index (χ2n) is 13.3. The molecule has 0 heterocycles. The van der Waals surface area contributed by atoms with Crippen LogP contribution in [0.25, 0.3) is 10.8 Å². The highest BCUT2D eigenvalue weighted by Crippen LogP contribution is 2.36. The van der Waals surface area contributed by atoms with Gasteiger partial charge in [-0.3, -0.25) is 0 Å². The van der Waals surface area contributed by atoms with Crippen LogP contribution in [0.15, 0.2) is 115 Å². The molecule has 40 heavy (non-hydrogen) atoms. The van der Waals surface area contributed by atoms with Gasteiger partial charge in [0, 0.05) is 22.8 Å². The lowest BCUT2D eigenvalue weighted by molar-refractivity contribution is 0.284. The summed E-state index contributed by atoms with van der Waals surface area (Å²) in [6.45, 7) is 15.9.